The molecule has 38 heavy (non-hydrogen) atoms. The number of rotatable bonds is 10. The average molecular weight is 522 g/mol. The standard InChI is InChI=1S/C26H35N9O3/c1-16(2)20(11-12-21(36)30-24(38-26(3,4)5)23-31-33-34-32-23)35-15-17-13-22(28-14-19(17)29-25(35)27)37-18-9-7-6-8-10-18/h6-10,13-14,16,20,24H,11-12,15H2,1-5H3,(H2,27,29)(H,30,36)(H,31,32,33,34)/t20-,24-/m0/s1. The Balaban J connectivity index is 1.43. The van der Waals surface area contributed by atoms with Crippen LogP contribution in [0.3, 0.4) is 0 Å². The third-order valence-corrected chi connectivity index (χ3v) is 5.97. The first kappa shape index (κ1) is 27.0. The van der Waals surface area contributed by atoms with Crippen molar-refractivity contribution in [2.24, 2.45) is 16.6 Å². The number of benzene rings is 1. The summed E-state index contributed by atoms with van der Waals surface area (Å²) in [5.74, 6) is 1.87. The zero-order chi connectivity index (χ0) is 27.3. The van der Waals surface area contributed by atoms with Gasteiger partial charge in [-0.25, -0.2) is 9.98 Å². The van der Waals surface area contributed by atoms with Crippen LogP contribution in [-0.2, 0) is 16.1 Å². The second-order valence-electron chi connectivity index (χ2n) is 10.5. The van der Waals surface area contributed by atoms with E-state index in [-0.39, 0.29) is 30.1 Å². The third kappa shape index (κ3) is 7.03. The van der Waals surface area contributed by atoms with Crippen LogP contribution >= 0.6 is 0 Å². The number of aliphatic imine (C=N–C) groups is 1. The molecule has 4 N–H and O–H groups in total. The van der Waals surface area contributed by atoms with Gasteiger partial charge in [-0.1, -0.05) is 32.0 Å². The Morgan fingerprint density at radius 1 is 1.24 bits per heavy atom. The lowest BCUT2D eigenvalue weighted by atomic mass is 9.96. The van der Waals surface area contributed by atoms with E-state index in [0.717, 1.165) is 5.56 Å². The molecule has 3 aromatic rings. The minimum absolute atomic E-state index is 0.0310. The molecule has 0 saturated heterocycles. The van der Waals surface area contributed by atoms with Crippen LogP contribution in [0.25, 0.3) is 0 Å². The smallest absolute Gasteiger partial charge is 0.223 e. The van der Waals surface area contributed by atoms with Gasteiger partial charge in [0.1, 0.15) is 5.75 Å². The van der Waals surface area contributed by atoms with E-state index in [1.807, 2.05) is 62.1 Å². The molecule has 12 heteroatoms. The van der Waals surface area contributed by atoms with Crippen LogP contribution in [0.4, 0.5) is 5.69 Å². The van der Waals surface area contributed by atoms with Gasteiger partial charge in [0.05, 0.1) is 17.5 Å². The molecular weight excluding hydrogens is 486 g/mol. The maximum absolute atomic E-state index is 13.0. The van der Waals surface area contributed by atoms with Crippen molar-refractivity contribution in [3.05, 3.63) is 54.0 Å². The Kier molecular flexibility index (Phi) is 8.20. The van der Waals surface area contributed by atoms with E-state index in [1.54, 1.807) is 6.20 Å². The second-order valence-corrected chi connectivity index (χ2v) is 10.5. The number of hydrogen-bond acceptors (Lipinski definition) is 10. The predicted molar refractivity (Wildman–Crippen MR) is 141 cm³/mol. The van der Waals surface area contributed by atoms with E-state index in [0.29, 0.717) is 36.2 Å². The number of carbonyl (C=O) groups is 1. The van der Waals surface area contributed by atoms with E-state index in [4.69, 9.17) is 15.2 Å². The average Bonchev–Trinajstić information content (AvgIpc) is 3.39. The van der Waals surface area contributed by atoms with Crippen LogP contribution in [0.2, 0.25) is 0 Å². The van der Waals surface area contributed by atoms with Crippen molar-refractivity contribution in [3.63, 3.8) is 0 Å². The molecule has 0 unspecified atom stereocenters. The number of guanidine groups is 1. The Hall–Kier alpha value is -4.06. The first-order valence-corrected chi connectivity index (χ1v) is 12.6. The molecule has 0 aliphatic carbocycles. The molecule has 0 spiro atoms. The van der Waals surface area contributed by atoms with Gasteiger partial charge in [-0.05, 0) is 50.5 Å². The van der Waals surface area contributed by atoms with Crippen LogP contribution < -0.4 is 15.8 Å². The van der Waals surface area contributed by atoms with Crippen LogP contribution in [0.5, 0.6) is 11.6 Å². The number of ether oxygens (including phenoxy) is 2. The Bertz CT molecular complexity index is 1240. The van der Waals surface area contributed by atoms with Crippen molar-refractivity contribution < 1.29 is 14.3 Å². The molecule has 0 bridgehead atoms. The normalized spacial score (nSPS) is 15.0. The van der Waals surface area contributed by atoms with Gasteiger partial charge < -0.3 is 25.4 Å². The van der Waals surface area contributed by atoms with E-state index in [1.165, 1.54) is 0 Å². The molecule has 4 rings (SSSR count). The fourth-order valence-electron chi connectivity index (χ4n) is 4.23. The van der Waals surface area contributed by atoms with Gasteiger partial charge in [-0.15, -0.1) is 10.2 Å². The van der Waals surface area contributed by atoms with Gasteiger partial charge in [0.2, 0.25) is 17.6 Å². The van der Waals surface area contributed by atoms with Gasteiger partial charge >= 0.3 is 0 Å². The number of nitrogens with two attached hydrogens (primary N) is 1. The number of fused-ring (bicyclic) bond motifs is 1. The van der Waals surface area contributed by atoms with E-state index < -0.39 is 11.8 Å². The first-order valence-electron chi connectivity index (χ1n) is 12.6. The van der Waals surface area contributed by atoms with Crippen molar-refractivity contribution >= 4 is 17.6 Å². The second kappa shape index (κ2) is 11.5. The maximum Gasteiger partial charge on any atom is 0.223 e. The molecule has 2 aromatic heterocycles. The first-order chi connectivity index (χ1) is 18.1. The summed E-state index contributed by atoms with van der Waals surface area (Å²) in [7, 11) is 0. The zero-order valence-electron chi connectivity index (χ0n) is 22.4. The lowest BCUT2D eigenvalue weighted by Gasteiger charge is -2.37. The highest BCUT2D eigenvalue weighted by molar-refractivity contribution is 5.84. The predicted octanol–water partition coefficient (Wildman–Crippen LogP) is 3.58. The number of aromatic amines is 1. The molecule has 0 saturated carbocycles. The lowest BCUT2D eigenvalue weighted by Crippen LogP contribution is -2.48. The summed E-state index contributed by atoms with van der Waals surface area (Å²) in [5.41, 5.74) is 7.52. The summed E-state index contributed by atoms with van der Waals surface area (Å²) in [5, 5.41) is 16.8. The van der Waals surface area contributed by atoms with Gasteiger partial charge in [0.15, 0.2) is 12.2 Å². The van der Waals surface area contributed by atoms with E-state index in [9.17, 15) is 4.79 Å². The summed E-state index contributed by atoms with van der Waals surface area (Å²) < 4.78 is 11.9. The van der Waals surface area contributed by atoms with E-state index in [2.05, 4.69) is 49.8 Å². The van der Waals surface area contributed by atoms with Crippen molar-refractivity contribution in [2.45, 2.75) is 71.9 Å². The Morgan fingerprint density at radius 3 is 2.66 bits per heavy atom. The summed E-state index contributed by atoms with van der Waals surface area (Å²) in [6.07, 6.45) is 1.66. The molecule has 1 amide bonds. The molecule has 202 valence electrons. The number of H-pyrrole nitrogens is 1. The fraction of sp³-hybridized carbons (Fsp3) is 0.462. The number of tetrazole rings is 1. The molecule has 2 atom stereocenters. The van der Waals surface area contributed by atoms with Crippen LogP contribution in [0, 0.1) is 5.92 Å². The lowest BCUT2D eigenvalue weighted by molar-refractivity contribution is -0.132. The molecule has 12 nitrogen and oxygen atoms in total. The third-order valence-electron chi connectivity index (χ3n) is 5.97. The number of aromatic nitrogens is 5. The topological polar surface area (TPSA) is 157 Å². The summed E-state index contributed by atoms with van der Waals surface area (Å²) in [4.78, 5) is 24.0. The minimum atomic E-state index is -0.817. The number of nitrogens with zero attached hydrogens (tertiary/aromatic N) is 6. The van der Waals surface area contributed by atoms with Gasteiger partial charge in [0, 0.05) is 30.6 Å². The van der Waals surface area contributed by atoms with Gasteiger partial charge in [0.25, 0.3) is 0 Å². The molecule has 1 aromatic carbocycles. The van der Waals surface area contributed by atoms with Gasteiger partial charge in [-0.2, -0.15) is 5.21 Å². The molecule has 1 aliphatic heterocycles. The maximum atomic E-state index is 13.0. The molecule has 3 heterocycles. The number of carbonyl (C=O) groups excluding carboxylic acids is 1. The van der Waals surface area contributed by atoms with E-state index >= 15 is 0 Å². The highest BCUT2D eigenvalue weighted by atomic mass is 16.5. The van der Waals surface area contributed by atoms with Crippen molar-refractivity contribution in [3.8, 4) is 11.6 Å². The quantitative estimate of drug-likeness (QED) is 0.339. The zero-order valence-corrected chi connectivity index (χ0v) is 22.4. The molecule has 1 aliphatic rings. The largest absolute Gasteiger partial charge is 0.439 e. The highest BCUT2D eigenvalue weighted by Gasteiger charge is 2.30. The number of pyridine rings is 1. The fourth-order valence-corrected chi connectivity index (χ4v) is 4.23. The minimum Gasteiger partial charge on any atom is -0.439 e. The van der Waals surface area contributed by atoms with Crippen LogP contribution in [0.15, 0.2) is 47.6 Å². The summed E-state index contributed by atoms with van der Waals surface area (Å²) in [6, 6.07) is 11.3. The SMILES string of the molecule is CC(C)[C@H](CCC(=O)N[C@@H](OC(C)(C)C)c1nn[nH]n1)N1Cc2cc(Oc3ccccc3)ncc2N=C1N. The Morgan fingerprint density at radius 2 is 2.00 bits per heavy atom. The highest BCUT2D eigenvalue weighted by Crippen LogP contribution is 2.32. The van der Waals surface area contributed by atoms with Crippen LogP contribution in [0.1, 0.15) is 65.1 Å². The molecule has 0 fully saturated rings. The number of nitrogens with one attached hydrogen (secondary N) is 2. The van der Waals surface area contributed by atoms with Crippen LogP contribution in [-0.4, -0.2) is 54.0 Å². The number of para-hydroxylation sites is 1. The Labute approximate surface area is 222 Å². The van der Waals surface area contributed by atoms with Crippen molar-refractivity contribution in [2.75, 3.05) is 0 Å². The van der Waals surface area contributed by atoms with Crippen molar-refractivity contribution in [1.82, 2.24) is 35.8 Å². The number of hydrogen-bond donors (Lipinski definition) is 3. The summed E-state index contributed by atoms with van der Waals surface area (Å²) >= 11 is 0. The summed E-state index contributed by atoms with van der Waals surface area (Å²) in [6.45, 7) is 10.4. The van der Waals surface area contributed by atoms with Crippen molar-refractivity contribution in [1.29, 1.82) is 0 Å². The van der Waals surface area contributed by atoms with Gasteiger partial charge in [-0.3, -0.25) is 4.79 Å². The molecule has 0 radical (unpaired) electrons. The molecular formula is C26H35N9O3. The number of amides is 1. The monoisotopic (exact) mass is 521 g/mol.